The number of carbonyl (C=O) groups is 1. The first kappa shape index (κ1) is 16.9. The molecule has 0 spiro atoms. The number of fused-ring (bicyclic) bond motifs is 2. The lowest BCUT2D eigenvalue weighted by Gasteiger charge is -2.24. The first-order valence-corrected chi connectivity index (χ1v) is 9.20. The molecule has 1 aliphatic heterocycles. The van der Waals surface area contributed by atoms with Crippen LogP contribution < -0.4 is 4.90 Å². The Bertz CT molecular complexity index is 898. The molecule has 134 valence electrons. The van der Waals surface area contributed by atoms with Gasteiger partial charge in [0.05, 0.1) is 6.04 Å². The van der Waals surface area contributed by atoms with E-state index < -0.39 is 0 Å². The second kappa shape index (κ2) is 6.96. The lowest BCUT2D eigenvalue weighted by Crippen LogP contribution is -2.33. The Hall–Kier alpha value is -2.59. The molecule has 0 N–H and O–H groups in total. The van der Waals surface area contributed by atoms with Gasteiger partial charge in [-0.25, -0.2) is 0 Å². The molecule has 0 saturated heterocycles. The summed E-state index contributed by atoms with van der Waals surface area (Å²) in [5, 5.41) is 1.12. The summed E-state index contributed by atoms with van der Waals surface area (Å²) in [5.41, 5.74) is 3.25. The molecule has 0 aliphatic carbocycles. The van der Waals surface area contributed by atoms with Crippen LogP contribution in [0.4, 0.5) is 5.69 Å². The summed E-state index contributed by atoms with van der Waals surface area (Å²) in [6, 6.07) is 18.5. The molecule has 0 saturated carbocycles. The van der Waals surface area contributed by atoms with Gasteiger partial charge in [-0.1, -0.05) is 36.4 Å². The van der Waals surface area contributed by atoms with Crippen molar-refractivity contribution in [3.63, 3.8) is 0 Å². The third-order valence-electron chi connectivity index (χ3n) is 5.38. The summed E-state index contributed by atoms with van der Waals surface area (Å²) in [4.78, 5) is 16.8. The zero-order valence-electron chi connectivity index (χ0n) is 15.3. The average molecular weight is 348 g/mol. The van der Waals surface area contributed by atoms with E-state index in [1.807, 2.05) is 48.3 Å². The second-order valence-electron chi connectivity index (χ2n) is 7.02. The molecule has 2 aromatic carbocycles. The molecule has 26 heavy (non-hydrogen) atoms. The maximum Gasteiger partial charge on any atom is 0.228 e. The Morgan fingerprint density at radius 1 is 1.19 bits per heavy atom. The van der Waals surface area contributed by atoms with Crippen molar-refractivity contribution in [1.29, 1.82) is 0 Å². The first-order valence-electron chi connectivity index (χ1n) is 9.20. The number of benzene rings is 2. The summed E-state index contributed by atoms with van der Waals surface area (Å²) < 4.78 is 5.97. The summed E-state index contributed by atoms with van der Waals surface area (Å²) >= 11 is 0. The van der Waals surface area contributed by atoms with Crippen molar-refractivity contribution in [2.75, 3.05) is 25.0 Å². The van der Waals surface area contributed by atoms with Crippen LogP contribution in [0.5, 0.6) is 0 Å². The third kappa shape index (κ3) is 3.13. The van der Waals surface area contributed by atoms with Crippen molar-refractivity contribution in [2.24, 2.45) is 0 Å². The standard InChI is InChI=1S/C22H24N2O2/c1-16(21-15-18-8-4-6-10-20(18)26-21)23(2)13-12-22(25)24-14-11-17-7-3-5-9-19(17)24/h3-10,15-16H,11-14H2,1-2H3. The zero-order valence-corrected chi connectivity index (χ0v) is 15.3. The third-order valence-corrected chi connectivity index (χ3v) is 5.38. The molecule has 0 fully saturated rings. The number of hydrogen-bond donors (Lipinski definition) is 0. The molecule has 3 aromatic rings. The van der Waals surface area contributed by atoms with Crippen LogP contribution in [0.3, 0.4) is 0 Å². The Kier molecular flexibility index (Phi) is 4.51. The SMILES string of the molecule is CC(c1cc2ccccc2o1)N(C)CCC(=O)N1CCc2ccccc21. The minimum Gasteiger partial charge on any atom is -0.459 e. The number of amides is 1. The number of anilines is 1. The minimum absolute atomic E-state index is 0.126. The molecular formula is C22H24N2O2. The molecule has 4 heteroatoms. The van der Waals surface area contributed by atoms with E-state index in [9.17, 15) is 4.79 Å². The lowest BCUT2D eigenvalue weighted by atomic mass is 10.2. The highest BCUT2D eigenvalue weighted by Crippen LogP contribution is 2.29. The highest BCUT2D eigenvalue weighted by molar-refractivity contribution is 5.95. The van der Waals surface area contributed by atoms with E-state index in [2.05, 4.69) is 30.0 Å². The number of hydrogen-bond acceptors (Lipinski definition) is 3. The van der Waals surface area contributed by atoms with Crippen LogP contribution in [0.1, 0.15) is 30.7 Å². The summed E-state index contributed by atoms with van der Waals surface area (Å²) in [6.07, 6.45) is 1.46. The number of rotatable bonds is 5. The molecule has 1 aliphatic rings. The van der Waals surface area contributed by atoms with Crippen molar-refractivity contribution < 1.29 is 9.21 Å². The van der Waals surface area contributed by atoms with Gasteiger partial charge in [-0.15, -0.1) is 0 Å². The Labute approximate surface area is 154 Å². The van der Waals surface area contributed by atoms with E-state index in [-0.39, 0.29) is 11.9 Å². The Morgan fingerprint density at radius 3 is 2.81 bits per heavy atom. The van der Waals surface area contributed by atoms with Gasteiger partial charge < -0.3 is 9.32 Å². The van der Waals surface area contributed by atoms with Crippen LogP contribution >= 0.6 is 0 Å². The maximum atomic E-state index is 12.7. The van der Waals surface area contributed by atoms with Crippen molar-refractivity contribution in [1.82, 2.24) is 4.90 Å². The van der Waals surface area contributed by atoms with Gasteiger partial charge >= 0.3 is 0 Å². The molecule has 0 radical (unpaired) electrons. The van der Waals surface area contributed by atoms with Crippen molar-refractivity contribution in [3.05, 3.63) is 65.9 Å². The van der Waals surface area contributed by atoms with E-state index in [1.165, 1.54) is 5.56 Å². The fourth-order valence-corrected chi connectivity index (χ4v) is 3.62. The van der Waals surface area contributed by atoms with Gasteiger partial charge in [-0.3, -0.25) is 9.69 Å². The quantitative estimate of drug-likeness (QED) is 0.685. The van der Waals surface area contributed by atoms with Gasteiger partial charge in [0.2, 0.25) is 5.91 Å². The molecule has 4 nitrogen and oxygen atoms in total. The summed E-state index contributed by atoms with van der Waals surface area (Å²) in [6.45, 7) is 3.62. The first-order chi connectivity index (χ1) is 12.6. The molecule has 0 bridgehead atoms. The number of nitrogens with zero attached hydrogens (tertiary/aromatic N) is 2. The summed E-state index contributed by atoms with van der Waals surface area (Å²) in [7, 11) is 2.04. The lowest BCUT2D eigenvalue weighted by molar-refractivity contribution is -0.118. The van der Waals surface area contributed by atoms with E-state index in [0.29, 0.717) is 13.0 Å². The van der Waals surface area contributed by atoms with Crippen LogP contribution in [0.25, 0.3) is 11.0 Å². The fourth-order valence-electron chi connectivity index (χ4n) is 3.62. The largest absolute Gasteiger partial charge is 0.459 e. The number of para-hydroxylation sites is 2. The highest BCUT2D eigenvalue weighted by atomic mass is 16.3. The van der Waals surface area contributed by atoms with Crippen molar-refractivity contribution >= 4 is 22.6 Å². The monoisotopic (exact) mass is 348 g/mol. The van der Waals surface area contributed by atoms with Crippen molar-refractivity contribution in [3.8, 4) is 0 Å². The predicted molar refractivity (Wildman–Crippen MR) is 104 cm³/mol. The average Bonchev–Trinajstić information content (AvgIpc) is 3.29. The topological polar surface area (TPSA) is 36.7 Å². The zero-order chi connectivity index (χ0) is 18.1. The molecule has 4 rings (SSSR count). The Morgan fingerprint density at radius 2 is 1.96 bits per heavy atom. The van der Waals surface area contributed by atoms with Crippen LogP contribution in [0, 0.1) is 0 Å². The molecule has 1 amide bonds. The second-order valence-corrected chi connectivity index (χ2v) is 7.02. The van der Waals surface area contributed by atoms with E-state index in [1.54, 1.807) is 0 Å². The van der Waals surface area contributed by atoms with Crippen LogP contribution in [-0.4, -0.2) is 30.9 Å². The highest BCUT2D eigenvalue weighted by Gasteiger charge is 2.25. The van der Waals surface area contributed by atoms with E-state index in [0.717, 1.165) is 35.4 Å². The van der Waals surface area contributed by atoms with Crippen LogP contribution in [-0.2, 0) is 11.2 Å². The molecule has 1 atom stereocenters. The normalized spacial score (nSPS) is 14.8. The molecule has 1 unspecified atom stereocenters. The Balaban J connectivity index is 1.39. The summed E-state index contributed by atoms with van der Waals surface area (Å²) in [5.74, 6) is 1.13. The van der Waals surface area contributed by atoms with Gasteiger partial charge in [0.1, 0.15) is 11.3 Å². The van der Waals surface area contributed by atoms with E-state index in [4.69, 9.17) is 4.42 Å². The van der Waals surface area contributed by atoms with Gasteiger partial charge in [-0.05, 0) is 44.2 Å². The number of furan rings is 1. The van der Waals surface area contributed by atoms with Crippen LogP contribution in [0.15, 0.2) is 59.0 Å². The van der Waals surface area contributed by atoms with Gasteiger partial charge in [0, 0.05) is 30.6 Å². The number of carbonyl (C=O) groups excluding carboxylic acids is 1. The molecular weight excluding hydrogens is 324 g/mol. The molecule has 2 heterocycles. The molecule has 1 aromatic heterocycles. The van der Waals surface area contributed by atoms with Gasteiger partial charge in [-0.2, -0.15) is 0 Å². The minimum atomic E-state index is 0.126. The predicted octanol–water partition coefficient (Wildman–Crippen LogP) is 4.41. The smallest absolute Gasteiger partial charge is 0.228 e. The van der Waals surface area contributed by atoms with Crippen molar-refractivity contribution in [2.45, 2.75) is 25.8 Å². The van der Waals surface area contributed by atoms with Gasteiger partial charge in [0.15, 0.2) is 0 Å². The van der Waals surface area contributed by atoms with Gasteiger partial charge in [0.25, 0.3) is 0 Å². The fraction of sp³-hybridized carbons (Fsp3) is 0.318. The van der Waals surface area contributed by atoms with E-state index >= 15 is 0 Å². The maximum absolute atomic E-state index is 12.7. The van der Waals surface area contributed by atoms with Crippen LogP contribution in [0.2, 0.25) is 0 Å².